The highest BCUT2D eigenvalue weighted by Gasteiger charge is 2.17. The van der Waals surface area contributed by atoms with Gasteiger partial charge in [-0.25, -0.2) is 8.42 Å². The Morgan fingerprint density at radius 2 is 2.12 bits per heavy atom. The van der Waals surface area contributed by atoms with Crippen molar-refractivity contribution in [3.63, 3.8) is 0 Å². The summed E-state index contributed by atoms with van der Waals surface area (Å²) >= 11 is 0.954. The molecule has 0 aliphatic rings. The summed E-state index contributed by atoms with van der Waals surface area (Å²) in [6.45, 7) is 1.68. The molecule has 1 heterocycles. The Morgan fingerprint density at radius 3 is 2.71 bits per heavy atom. The van der Waals surface area contributed by atoms with E-state index < -0.39 is 10.0 Å². The average molecular weight is 270 g/mol. The minimum absolute atomic E-state index is 0.102. The molecule has 0 aliphatic heterocycles. The molecule has 0 aliphatic carbocycles. The molecule has 2 rings (SSSR count). The van der Waals surface area contributed by atoms with Gasteiger partial charge in [0.2, 0.25) is 0 Å². The maximum atomic E-state index is 12.0. The highest BCUT2D eigenvalue weighted by Crippen LogP contribution is 2.18. The van der Waals surface area contributed by atoms with Crippen molar-refractivity contribution in [1.29, 1.82) is 0 Å². The predicted molar refractivity (Wildman–Crippen MR) is 66.3 cm³/mol. The van der Waals surface area contributed by atoms with Crippen molar-refractivity contribution < 1.29 is 8.42 Å². The van der Waals surface area contributed by atoms with E-state index in [0.29, 0.717) is 11.4 Å². The second-order valence-electron chi connectivity index (χ2n) is 3.38. The lowest BCUT2D eigenvalue weighted by molar-refractivity contribution is 0.601. The fourth-order valence-corrected chi connectivity index (χ4v) is 2.87. The second-order valence-corrected chi connectivity index (χ2v) is 5.59. The average Bonchev–Trinajstić information content (AvgIpc) is 2.64. The van der Waals surface area contributed by atoms with Crippen LogP contribution in [0.15, 0.2) is 29.2 Å². The van der Waals surface area contributed by atoms with E-state index in [9.17, 15) is 8.42 Å². The number of hydrogen-bond acceptors (Lipinski definition) is 6. The molecule has 0 spiro atoms. The molecule has 0 saturated heterocycles. The van der Waals surface area contributed by atoms with Crippen molar-refractivity contribution in [3.8, 4) is 0 Å². The molecule has 0 atom stereocenters. The van der Waals surface area contributed by atoms with Gasteiger partial charge in [0.15, 0.2) is 5.82 Å². The number of nitrogens with one attached hydrogen (secondary N) is 1. The Morgan fingerprint density at radius 1 is 1.35 bits per heavy atom. The molecule has 0 fully saturated rings. The number of anilines is 2. The number of rotatable bonds is 3. The number of hydrogen-bond donors (Lipinski definition) is 2. The lowest BCUT2D eigenvalue weighted by Crippen LogP contribution is -2.14. The third kappa shape index (κ3) is 2.53. The zero-order chi connectivity index (χ0) is 12.5. The number of nitrogens with zero attached hydrogens (tertiary/aromatic N) is 2. The Kier molecular flexibility index (Phi) is 2.99. The van der Waals surface area contributed by atoms with Crippen molar-refractivity contribution in [2.75, 3.05) is 10.5 Å². The largest absolute Gasteiger partial charge is 0.399 e. The summed E-state index contributed by atoms with van der Waals surface area (Å²) in [7, 11) is -3.65. The van der Waals surface area contributed by atoms with Gasteiger partial charge in [0.1, 0.15) is 0 Å². The molecule has 0 radical (unpaired) electrons. The van der Waals surface area contributed by atoms with Crippen LogP contribution in [0, 0.1) is 6.92 Å². The molecule has 0 saturated carbocycles. The molecule has 6 nitrogen and oxygen atoms in total. The number of nitrogen functional groups attached to an aromatic ring is 1. The summed E-state index contributed by atoms with van der Waals surface area (Å²) in [4.78, 5) is 0.102. The molecule has 90 valence electrons. The minimum atomic E-state index is -3.65. The van der Waals surface area contributed by atoms with E-state index in [1.54, 1.807) is 19.1 Å². The van der Waals surface area contributed by atoms with Crippen LogP contribution in [0.5, 0.6) is 0 Å². The lowest BCUT2D eigenvalue weighted by Gasteiger charge is -2.06. The molecule has 1 aromatic carbocycles. The topological polar surface area (TPSA) is 98.0 Å². The van der Waals surface area contributed by atoms with Gasteiger partial charge in [0.25, 0.3) is 10.0 Å². The summed E-state index contributed by atoms with van der Waals surface area (Å²) in [6, 6.07) is 6.05. The molecule has 0 unspecified atom stereocenters. The standard InChI is InChI=1S/C9H10N4O2S2/c1-6-9(12-16-11-6)13-17(14,15)8-4-2-3-7(10)5-8/h2-5H,10H2,1H3,(H,12,13). The highest BCUT2D eigenvalue weighted by atomic mass is 32.2. The minimum Gasteiger partial charge on any atom is -0.399 e. The number of aryl methyl sites for hydroxylation is 1. The van der Waals surface area contributed by atoms with Crippen molar-refractivity contribution in [2.45, 2.75) is 11.8 Å². The monoisotopic (exact) mass is 270 g/mol. The first-order valence-electron chi connectivity index (χ1n) is 4.66. The first-order chi connectivity index (χ1) is 7.99. The fraction of sp³-hybridized carbons (Fsp3) is 0.111. The van der Waals surface area contributed by atoms with Gasteiger partial charge < -0.3 is 5.73 Å². The molecule has 1 aromatic heterocycles. The van der Waals surface area contributed by atoms with Crippen LogP contribution in [-0.2, 0) is 10.0 Å². The predicted octanol–water partition coefficient (Wildman–Crippen LogP) is 1.23. The smallest absolute Gasteiger partial charge is 0.263 e. The van der Waals surface area contributed by atoms with Gasteiger partial charge >= 0.3 is 0 Å². The second kappa shape index (κ2) is 4.30. The van der Waals surface area contributed by atoms with Crippen LogP contribution < -0.4 is 10.5 Å². The van der Waals surface area contributed by atoms with E-state index in [4.69, 9.17) is 5.73 Å². The van der Waals surface area contributed by atoms with Gasteiger partial charge in [0, 0.05) is 5.69 Å². The molecule has 0 bridgehead atoms. The molecular weight excluding hydrogens is 260 g/mol. The highest BCUT2D eigenvalue weighted by molar-refractivity contribution is 7.92. The Labute approximate surface area is 103 Å². The van der Waals surface area contributed by atoms with Gasteiger partial charge in [-0.3, -0.25) is 4.72 Å². The summed E-state index contributed by atoms with van der Waals surface area (Å²) in [5, 5.41) is 0. The van der Waals surface area contributed by atoms with E-state index in [1.807, 2.05) is 0 Å². The Balaban J connectivity index is 2.35. The van der Waals surface area contributed by atoms with Crippen LogP contribution in [0.3, 0.4) is 0 Å². The summed E-state index contributed by atoms with van der Waals surface area (Å²) in [6.07, 6.45) is 0. The van der Waals surface area contributed by atoms with Crippen molar-refractivity contribution in [1.82, 2.24) is 8.75 Å². The van der Waals surface area contributed by atoms with E-state index in [0.717, 1.165) is 11.7 Å². The molecule has 2 aromatic rings. The molecule has 8 heteroatoms. The summed E-state index contributed by atoms with van der Waals surface area (Å²) in [5.74, 6) is 0.248. The zero-order valence-electron chi connectivity index (χ0n) is 8.91. The van der Waals surface area contributed by atoms with Gasteiger partial charge in [-0.2, -0.15) is 8.75 Å². The van der Waals surface area contributed by atoms with Gasteiger partial charge in [-0.1, -0.05) is 6.07 Å². The van der Waals surface area contributed by atoms with Crippen molar-refractivity contribution in [3.05, 3.63) is 30.0 Å². The van der Waals surface area contributed by atoms with E-state index in [-0.39, 0.29) is 10.7 Å². The van der Waals surface area contributed by atoms with Crippen molar-refractivity contribution >= 4 is 33.3 Å². The maximum Gasteiger partial charge on any atom is 0.263 e. The normalized spacial score (nSPS) is 11.4. The summed E-state index contributed by atoms with van der Waals surface area (Å²) < 4.78 is 34.1. The van der Waals surface area contributed by atoms with E-state index in [2.05, 4.69) is 13.5 Å². The van der Waals surface area contributed by atoms with Gasteiger partial charge in [-0.05, 0) is 25.1 Å². The van der Waals surface area contributed by atoms with E-state index in [1.165, 1.54) is 12.1 Å². The third-order valence-corrected chi connectivity index (χ3v) is 4.01. The molecular formula is C9H10N4O2S2. The summed E-state index contributed by atoms with van der Waals surface area (Å²) in [5.41, 5.74) is 6.47. The SMILES string of the molecule is Cc1nsnc1NS(=O)(=O)c1cccc(N)c1. The van der Waals surface area contributed by atoms with Crippen LogP contribution in [0.2, 0.25) is 0 Å². The first kappa shape index (κ1) is 11.8. The Bertz CT molecular complexity index is 636. The zero-order valence-corrected chi connectivity index (χ0v) is 10.5. The van der Waals surface area contributed by atoms with Gasteiger partial charge in [-0.15, -0.1) is 0 Å². The fourth-order valence-electron chi connectivity index (χ4n) is 1.19. The quantitative estimate of drug-likeness (QED) is 0.817. The molecule has 0 amide bonds. The molecule has 3 N–H and O–H groups in total. The molecule has 17 heavy (non-hydrogen) atoms. The third-order valence-electron chi connectivity index (χ3n) is 2.05. The number of sulfonamides is 1. The number of benzene rings is 1. The van der Waals surface area contributed by atoms with Crippen LogP contribution in [0.4, 0.5) is 11.5 Å². The van der Waals surface area contributed by atoms with Gasteiger partial charge in [0.05, 0.1) is 22.3 Å². The van der Waals surface area contributed by atoms with Crippen LogP contribution in [0.1, 0.15) is 5.69 Å². The first-order valence-corrected chi connectivity index (χ1v) is 6.88. The number of nitrogens with two attached hydrogens (primary N) is 1. The van der Waals surface area contributed by atoms with Crippen molar-refractivity contribution in [2.24, 2.45) is 0 Å². The van der Waals surface area contributed by atoms with Crippen LogP contribution in [-0.4, -0.2) is 17.2 Å². The number of aromatic nitrogens is 2. The van der Waals surface area contributed by atoms with Crippen LogP contribution in [0.25, 0.3) is 0 Å². The Hall–Kier alpha value is -1.67. The maximum absolute atomic E-state index is 12.0. The van der Waals surface area contributed by atoms with Crippen LogP contribution >= 0.6 is 11.7 Å². The van der Waals surface area contributed by atoms with E-state index >= 15 is 0 Å². The lowest BCUT2D eigenvalue weighted by atomic mass is 10.3.